The van der Waals surface area contributed by atoms with Crippen LogP contribution in [0, 0.1) is 0 Å². The summed E-state index contributed by atoms with van der Waals surface area (Å²) in [5.74, 6) is 0.450. The number of aromatic nitrogens is 5. The summed E-state index contributed by atoms with van der Waals surface area (Å²) in [5.41, 5.74) is 0.668. The highest BCUT2D eigenvalue weighted by Gasteiger charge is 2.29. The van der Waals surface area contributed by atoms with Crippen LogP contribution in [0.2, 0.25) is 0 Å². The maximum absolute atomic E-state index is 12.1. The average Bonchev–Trinajstić information content (AvgIpc) is 3.24. The number of rotatable bonds is 5. The first kappa shape index (κ1) is 15.7. The zero-order valence-electron chi connectivity index (χ0n) is 12.6. The van der Waals surface area contributed by atoms with Gasteiger partial charge < -0.3 is 19.3 Å². The van der Waals surface area contributed by atoms with E-state index in [0.717, 1.165) is 12.8 Å². The molecule has 128 valence electrons. The molecule has 0 aliphatic carbocycles. The Morgan fingerprint density at radius 3 is 3.12 bits per heavy atom. The number of hydrogen-bond acceptors (Lipinski definition) is 7. The standard InChI is InChI=1S/C13H16N5O5P/c19-11-10-12(17-4-3-14-13(17)16-11)18(6-15-10)9-2-1-8(23-9)5-22-7-24(20)21/h3-4,6,8-9,20-21H,1-2,5,7H2,(H,14,16,19)/t8-,9+/m0/s1. The molecule has 0 saturated carbocycles. The lowest BCUT2D eigenvalue weighted by molar-refractivity contribution is -0.0337. The number of ether oxygens (including phenoxy) is 2. The van der Waals surface area contributed by atoms with E-state index in [1.165, 1.54) is 0 Å². The van der Waals surface area contributed by atoms with Gasteiger partial charge in [0.15, 0.2) is 19.5 Å². The molecule has 4 rings (SSSR count). The largest absolute Gasteiger partial charge is 0.369 e. The lowest BCUT2D eigenvalue weighted by Crippen LogP contribution is -2.17. The number of nitrogens with one attached hydrogen (secondary N) is 1. The molecule has 10 nitrogen and oxygen atoms in total. The topological polar surface area (TPSA) is 127 Å². The van der Waals surface area contributed by atoms with Crippen molar-refractivity contribution in [2.24, 2.45) is 0 Å². The van der Waals surface area contributed by atoms with Crippen molar-refractivity contribution in [1.82, 2.24) is 23.9 Å². The van der Waals surface area contributed by atoms with Gasteiger partial charge in [-0.25, -0.2) is 9.97 Å². The number of imidazole rings is 2. The van der Waals surface area contributed by atoms with Crippen LogP contribution in [-0.4, -0.2) is 52.8 Å². The number of hydrogen-bond donors (Lipinski definition) is 3. The van der Waals surface area contributed by atoms with Crippen molar-refractivity contribution in [3.05, 3.63) is 29.1 Å². The summed E-state index contributed by atoms with van der Waals surface area (Å²) in [4.78, 5) is 40.8. The Balaban J connectivity index is 1.60. The highest BCUT2D eigenvalue weighted by Crippen LogP contribution is 2.31. The highest BCUT2D eigenvalue weighted by molar-refractivity contribution is 7.44. The maximum atomic E-state index is 12.1. The lowest BCUT2D eigenvalue weighted by Gasteiger charge is -2.16. The summed E-state index contributed by atoms with van der Waals surface area (Å²) in [7, 11) is -2.05. The molecule has 0 amide bonds. The molecule has 0 unspecified atom stereocenters. The Morgan fingerprint density at radius 2 is 2.29 bits per heavy atom. The SMILES string of the molecule is O=c1[nH]c2nccn2c2c1ncn2[C@H]1CC[C@@H](COCP(O)O)O1. The van der Waals surface area contributed by atoms with E-state index in [0.29, 0.717) is 23.5 Å². The van der Waals surface area contributed by atoms with Gasteiger partial charge >= 0.3 is 0 Å². The van der Waals surface area contributed by atoms with Crippen LogP contribution in [0.25, 0.3) is 16.9 Å². The van der Waals surface area contributed by atoms with Gasteiger partial charge in [0, 0.05) is 12.4 Å². The normalized spacial score (nSPS) is 21.5. The molecule has 1 aliphatic heterocycles. The molecule has 1 saturated heterocycles. The van der Waals surface area contributed by atoms with Crippen molar-refractivity contribution in [1.29, 1.82) is 0 Å². The molecule has 3 aromatic heterocycles. The second kappa shape index (κ2) is 6.23. The Labute approximate surface area is 136 Å². The maximum Gasteiger partial charge on any atom is 0.280 e. The lowest BCUT2D eigenvalue weighted by atomic mass is 10.2. The third-order valence-electron chi connectivity index (χ3n) is 3.98. The van der Waals surface area contributed by atoms with E-state index in [1.807, 2.05) is 4.57 Å². The second-order valence-corrected chi connectivity index (χ2v) is 6.56. The smallest absolute Gasteiger partial charge is 0.280 e. The average molecular weight is 353 g/mol. The number of fused-ring (bicyclic) bond motifs is 3. The van der Waals surface area contributed by atoms with Crippen LogP contribution in [0.15, 0.2) is 23.5 Å². The second-order valence-electron chi connectivity index (χ2n) is 5.56. The first-order valence-corrected chi connectivity index (χ1v) is 8.87. The van der Waals surface area contributed by atoms with Crippen LogP contribution in [-0.2, 0) is 9.47 Å². The van der Waals surface area contributed by atoms with Crippen LogP contribution in [0.1, 0.15) is 19.1 Å². The summed E-state index contributed by atoms with van der Waals surface area (Å²) in [6.45, 7) is 0.296. The minimum Gasteiger partial charge on any atom is -0.369 e. The van der Waals surface area contributed by atoms with Crippen LogP contribution in [0.3, 0.4) is 0 Å². The molecule has 1 fully saturated rings. The molecule has 4 heterocycles. The van der Waals surface area contributed by atoms with E-state index >= 15 is 0 Å². The molecule has 3 N–H and O–H groups in total. The fourth-order valence-corrected chi connectivity index (χ4v) is 3.24. The Bertz CT molecular complexity index is 918. The number of nitrogens with zero attached hydrogens (tertiary/aromatic N) is 4. The van der Waals surface area contributed by atoms with Crippen molar-refractivity contribution < 1.29 is 19.3 Å². The molecule has 0 aromatic carbocycles. The van der Waals surface area contributed by atoms with E-state index in [4.69, 9.17) is 19.3 Å². The predicted octanol–water partition coefficient (Wildman–Crippen LogP) is 0.320. The Hall–Kier alpha value is -1.84. The van der Waals surface area contributed by atoms with E-state index in [-0.39, 0.29) is 24.2 Å². The van der Waals surface area contributed by atoms with Gasteiger partial charge in [-0.15, -0.1) is 0 Å². The summed E-state index contributed by atoms with van der Waals surface area (Å²) < 4.78 is 14.8. The van der Waals surface area contributed by atoms with E-state index in [9.17, 15) is 4.79 Å². The molecule has 2 atom stereocenters. The molecule has 3 aromatic rings. The van der Waals surface area contributed by atoms with Crippen molar-refractivity contribution in [2.75, 3.05) is 13.0 Å². The van der Waals surface area contributed by atoms with Gasteiger partial charge in [0.05, 0.1) is 19.0 Å². The van der Waals surface area contributed by atoms with Gasteiger partial charge in [0.1, 0.15) is 12.6 Å². The summed E-state index contributed by atoms with van der Waals surface area (Å²) >= 11 is 0. The Morgan fingerprint density at radius 1 is 1.42 bits per heavy atom. The van der Waals surface area contributed by atoms with Gasteiger partial charge in [-0.05, 0) is 12.8 Å². The van der Waals surface area contributed by atoms with Crippen LogP contribution in [0.5, 0.6) is 0 Å². The molecule has 1 aliphatic rings. The van der Waals surface area contributed by atoms with Gasteiger partial charge in [0.25, 0.3) is 5.56 Å². The molecule has 11 heteroatoms. The third kappa shape index (κ3) is 2.72. The minimum atomic E-state index is -2.05. The van der Waals surface area contributed by atoms with Gasteiger partial charge in [-0.2, -0.15) is 0 Å². The number of aromatic amines is 1. The van der Waals surface area contributed by atoms with E-state index < -0.39 is 8.38 Å². The van der Waals surface area contributed by atoms with Gasteiger partial charge in [-0.1, -0.05) is 0 Å². The molecule has 0 bridgehead atoms. The molecular formula is C13H16N5O5P. The van der Waals surface area contributed by atoms with Crippen molar-refractivity contribution in [2.45, 2.75) is 25.2 Å². The van der Waals surface area contributed by atoms with E-state index in [2.05, 4.69) is 15.0 Å². The molecule has 0 spiro atoms. The zero-order valence-corrected chi connectivity index (χ0v) is 13.5. The van der Waals surface area contributed by atoms with Crippen LogP contribution < -0.4 is 5.56 Å². The quantitative estimate of drug-likeness (QED) is 0.564. The number of H-pyrrole nitrogens is 1. The summed E-state index contributed by atoms with van der Waals surface area (Å²) in [5, 5.41) is 0. The highest BCUT2D eigenvalue weighted by atomic mass is 31.2. The van der Waals surface area contributed by atoms with Gasteiger partial charge in [0.2, 0.25) is 5.78 Å². The monoisotopic (exact) mass is 353 g/mol. The summed E-state index contributed by atoms with van der Waals surface area (Å²) in [6.07, 6.45) is 5.99. The van der Waals surface area contributed by atoms with Gasteiger partial charge in [-0.3, -0.25) is 18.7 Å². The zero-order chi connectivity index (χ0) is 16.7. The van der Waals surface area contributed by atoms with Crippen LogP contribution >= 0.6 is 8.38 Å². The predicted molar refractivity (Wildman–Crippen MR) is 84.4 cm³/mol. The van der Waals surface area contributed by atoms with E-state index in [1.54, 1.807) is 23.1 Å². The Kier molecular flexibility index (Phi) is 4.07. The minimum absolute atomic E-state index is 0.0844. The van der Waals surface area contributed by atoms with Crippen molar-refractivity contribution >= 4 is 25.3 Å². The molecule has 0 radical (unpaired) electrons. The fraction of sp³-hybridized carbons (Fsp3) is 0.462. The molecule has 24 heavy (non-hydrogen) atoms. The first-order chi connectivity index (χ1) is 11.6. The van der Waals surface area contributed by atoms with Crippen molar-refractivity contribution in [3.63, 3.8) is 0 Å². The first-order valence-electron chi connectivity index (χ1n) is 7.44. The summed E-state index contributed by atoms with van der Waals surface area (Å²) in [6, 6.07) is 0. The van der Waals surface area contributed by atoms with Crippen LogP contribution in [0.4, 0.5) is 0 Å². The molecular weight excluding hydrogens is 337 g/mol. The third-order valence-corrected chi connectivity index (χ3v) is 4.40. The van der Waals surface area contributed by atoms with Crippen molar-refractivity contribution in [3.8, 4) is 0 Å². The fourth-order valence-electron chi connectivity index (χ4n) is 2.97.